The molecular weight excluding hydrogens is 668 g/mol. The van der Waals surface area contributed by atoms with Gasteiger partial charge in [0.15, 0.2) is 5.13 Å². The fraction of sp³-hybridized carbons (Fsp3) is 0.0857. The Kier molecular flexibility index (Phi) is 10.6. The third kappa shape index (κ3) is 8.78. The van der Waals surface area contributed by atoms with Gasteiger partial charge >= 0.3 is 0 Å². The number of thioether (sulfide) groups is 1. The van der Waals surface area contributed by atoms with Gasteiger partial charge in [-0.1, -0.05) is 70.5 Å². The molecule has 0 saturated heterocycles. The monoisotopic (exact) mass is 696 g/mol. The van der Waals surface area contributed by atoms with Gasteiger partial charge in [0.25, 0.3) is 11.8 Å². The van der Waals surface area contributed by atoms with Gasteiger partial charge < -0.3 is 16.0 Å². The van der Waals surface area contributed by atoms with Crippen molar-refractivity contribution in [1.82, 2.24) is 10.3 Å². The van der Waals surface area contributed by atoms with E-state index in [-0.39, 0.29) is 22.8 Å². The Hall–Kier alpha value is -4.51. The summed E-state index contributed by atoms with van der Waals surface area (Å²) in [6.07, 6.45) is 1.67. The third-order valence-corrected chi connectivity index (χ3v) is 9.08. The maximum Gasteiger partial charge on any atom is 0.272 e. The molecule has 1 aromatic heterocycles. The van der Waals surface area contributed by atoms with Gasteiger partial charge in [0.2, 0.25) is 5.91 Å². The molecule has 1 unspecified atom stereocenters. The molecule has 1 atom stereocenters. The fourth-order valence-corrected chi connectivity index (χ4v) is 6.07. The van der Waals surface area contributed by atoms with E-state index >= 15 is 0 Å². The summed E-state index contributed by atoms with van der Waals surface area (Å²) in [4.78, 5) is 44.6. The Morgan fingerprint density at radius 3 is 2.27 bits per heavy atom. The largest absolute Gasteiger partial charge is 0.321 e. The van der Waals surface area contributed by atoms with Crippen LogP contribution < -0.4 is 16.0 Å². The Morgan fingerprint density at radius 1 is 0.867 bits per heavy atom. The summed E-state index contributed by atoms with van der Waals surface area (Å²) in [7, 11) is 0. The topological polar surface area (TPSA) is 100 Å². The maximum absolute atomic E-state index is 13.4. The van der Waals surface area contributed by atoms with Crippen LogP contribution in [-0.2, 0) is 9.59 Å². The summed E-state index contributed by atoms with van der Waals surface area (Å²) >= 11 is 6.21. The summed E-state index contributed by atoms with van der Waals surface area (Å²) in [5, 5.41) is 10.6. The molecule has 5 aromatic rings. The van der Waals surface area contributed by atoms with E-state index in [0.29, 0.717) is 16.4 Å². The number of aromatic nitrogens is 1. The van der Waals surface area contributed by atoms with Crippen molar-refractivity contribution in [2.75, 3.05) is 10.6 Å². The van der Waals surface area contributed by atoms with Gasteiger partial charge in [0, 0.05) is 31.6 Å². The standard InChI is InChI=1S/C35H29BrN4O3S2/c1-22-8-6-7-11-26(22)20-30(38-33(42)25-9-4-3-5-10-25)34(43)37-28-16-18-29(19-17-28)45-23(2)32(41)40-35-39-31(21-44-35)24-12-14-27(36)15-13-24/h3-21,23H,1-2H3,(H,37,43)(H,38,42)(H,39,40,41)/b30-20-. The number of carbonyl (C=O) groups excluding carboxylic acids is 3. The lowest BCUT2D eigenvalue weighted by Crippen LogP contribution is -2.30. The Morgan fingerprint density at radius 2 is 1.56 bits per heavy atom. The van der Waals surface area contributed by atoms with E-state index in [1.807, 2.05) is 86.0 Å². The molecule has 0 bridgehead atoms. The number of benzene rings is 4. The fourth-order valence-electron chi connectivity index (χ4n) is 4.21. The van der Waals surface area contributed by atoms with Gasteiger partial charge in [-0.15, -0.1) is 23.1 Å². The van der Waals surface area contributed by atoms with E-state index < -0.39 is 5.91 Å². The highest BCUT2D eigenvalue weighted by Gasteiger charge is 2.18. The van der Waals surface area contributed by atoms with E-state index in [1.165, 1.54) is 23.1 Å². The SMILES string of the molecule is Cc1ccccc1/C=C(\NC(=O)c1ccccc1)C(=O)Nc1ccc(SC(C)C(=O)Nc2nc(-c3ccc(Br)cc3)cs2)cc1. The predicted molar refractivity (Wildman–Crippen MR) is 187 cm³/mol. The lowest BCUT2D eigenvalue weighted by Gasteiger charge is -2.13. The van der Waals surface area contributed by atoms with Crippen LogP contribution in [0.1, 0.15) is 28.4 Å². The first-order valence-corrected chi connectivity index (χ1v) is 16.5. The van der Waals surface area contributed by atoms with Crippen LogP contribution in [0, 0.1) is 6.92 Å². The van der Waals surface area contributed by atoms with E-state index in [1.54, 1.807) is 42.5 Å². The molecule has 0 spiro atoms. The highest BCUT2D eigenvalue weighted by molar-refractivity contribution is 9.10. The van der Waals surface area contributed by atoms with Gasteiger partial charge in [0.1, 0.15) is 5.70 Å². The van der Waals surface area contributed by atoms with Crippen LogP contribution in [0.3, 0.4) is 0 Å². The second-order valence-electron chi connectivity index (χ2n) is 10.0. The molecule has 45 heavy (non-hydrogen) atoms. The van der Waals surface area contributed by atoms with Crippen LogP contribution >= 0.6 is 39.0 Å². The van der Waals surface area contributed by atoms with Crippen molar-refractivity contribution in [3.8, 4) is 11.3 Å². The van der Waals surface area contributed by atoms with Crippen LogP contribution in [0.5, 0.6) is 0 Å². The minimum Gasteiger partial charge on any atom is -0.321 e. The number of nitrogens with zero attached hydrogens (tertiary/aromatic N) is 1. The normalized spacial score (nSPS) is 11.8. The molecule has 1 heterocycles. The van der Waals surface area contributed by atoms with Crippen LogP contribution in [0.2, 0.25) is 0 Å². The highest BCUT2D eigenvalue weighted by Crippen LogP contribution is 2.29. The molecule has 226 valence electrons. The van der Waals surface area contributed by atoms with Crippen molar-refractivity contribution < 1.29 is 14.4 Å². The second kappa shape index (κ2) is 15.0. The number of anilines is 2. The van der Waals surface area contributed by atoms with Gasteiger partial charge in [0.05, 0.1) is 10.9 Å². The highest BCUT2D eigenvalue weighted by atomic mass is 79.9. The minimum absolute atomic E-state index is 0.118. The van der Waals surface area contributed by atoms with Gasteiger partial charge in [-0.3, -0.25) is 14.4 Å². The van der Waals surface area contributed by atoms with E-state index in [9.17, 15) is 14.4 Å². The molecule has 0 fully saturated rings. The van der Waals surface area contributed by atoms with Crippen molar-refractivity contribution in [1.29, 1.82) is 0 Å². The second-order valence-corrected chi connectivity index (χ2v) is 13.2. The molecule has 4 aromatic carbocycles. The average Bonchev–Trinajstić information content (AvgIpc) is 3.51. The van der Waals surface area contributed by atoms with Crippen LogP contribution in [0.15, 0.2) is 124 Å². The number of hydrogen-bond acceptors (Lipinski definition) is 6. The Bertz CT molecular complexity index is 1840. The number of hydrogen-bond donors (Lipinski definition) is 3. The van der Waals surface area contributed by atoms with Crippen molar-refractivity contribution in [3.63, 3.8) is 0 Å². The molecule has 10 heteroatoms. The molecule has 0 radical (unpaired) electrons. The summed E-state index contributed by atoms with van der Waals surface area (Å²) in [5.41, 5.74) is 4.67. The van der Waals surface area contributed by atoms with Gasteiger partial charge in [-0.25, -0.2) is 4.98 Å². The first kappa shape index (κ1) is 31.9. The number of amides is 3. The lowest BCUT2D eigenvalue weighted by molar-refractivity contribution is -0.115. The number of rotatable bonds is 10. The zero-order valence-corrected chi connectivity index (χ0v) is 27.6. The van der Waals surface area contributed by atoms with Gasteiger partial charge in [-0.2, -0.15) is 0 Å². The van der Waals surface area contributed by atoms with E-state index in [2.05, 4.69) is 36.9 Å². The predicted octanol–water partition coefficient (Wildman–Crippen LogP) is 8.41. The number of halogens is 1. The molecule has 0 aliphatic heterocycles. The van der Waals surface area contributed by atoms with Crippen molar-refractivity contribution >= 4 is 73.6 Å². The summed E-state index contributed by atoms with van der Waals surface area (Å²) < 4.78 is 0.989. The molecule has 7 nitrogen and oxygen atoms in total. The lowest BCUT2D eigenvalue weighted by atomic mass is 10.1. The summed E-state index contributed by atoms with van der Waals surface area (Å²) in [6, 6.07) is 31.4. The molecule has 0 saturated carbocycles. The maximum atomic E-state index is 13.4. The Labute approximate surface area is 278 Å². The quantitative estimate of drug-likeness (QED) is 0.101. The average molecular weight is 698 g/mol. The van der Waals surface area contributed by atoms with Crippen LogP contribution in [-0.4, -0.2) is 28.0 Å². The minimum atomic E-state index is -0.457. The molecule has 0 aliphatic carbocycles. The molecular formula is C35H29BrN4O3S2. The zero-order valence-electron chi connectivity index (χ0n) is 24.4. The molecule has 0 aliphatic rings. The van der Waals surface area contributed by atoms with Crippen molar-refractivity contribution in [2.45, 2.75) is 24.0 Å². The number of thiazole rings is 1. The van der Waals surface area contributed by atoms with Gasteiger partial charge in [-0.05, 0) is 79.6 Å². The van der Waals surface area contributed by atoms with E-state index in [0.717, 1.165) is 31.8 Å². The molecule has 3 amide bonds. The van der Waals surface area contributed by atoms with Crippen molar-refractivity contribution in [3.05, 3.63) is 135 Å². The molecule has 3 N–H and O–H groups in total. The first-order chi connectivity index (χ1) is 21.7. The van der Waals surface area contributed by atoms with Crippen molar-refractivity contribution in [2.24, 2.45) is 0 Å². The summed E-state index contributed by atoms with van der Waals surface area (Å²) in [6.45, 7) is 3.77. The van der Waals surface area contributed by atoms with Crippen LogP contribution in [0.25, 0.3) is 17.3 Å². The smallest absolute Gasteiger partial charge is 0.272 e. The molecule has 5 rings (SSSR count). The number of nitrogens with one attached hydrogen (secondary N) is 3. The first-order valence-electron chi connectivity index (χ1n) is 14.0. The van der Waals surface area contributed by atoms with Crippen LogP contribution in [0.4, 0.5) is 10.8 Å². The Balaban J connectivity index is 1.21. The summed E-state index contributed by atoms with van der Waals surface area (Å²) in [5.74, 6) is -0.997. The number of carbonyl (C=O) groups is 3. The third-order valence-electron chi connectivity index (χ3n) is 6.69. The van der Waals surface area contributed by atoms with E-state index in [4.69, 9.17) is 0 Å². The number of aryl methyl sites for hydroxylation is 1. The zero-order chi connectivity index (χ0) is 31.8.